The van der Waals surface area contributed by atoms with E-state index in [9.17, 15) is 0 Å². The lowest BCUT2D eigenvalue weighted by Crippen LogP contribution is -2.16. The average molecular weight is 1200 g/mol. The first-order valence-corrected chi connectivity index (χ1v) is 33.1. The van der Waals surface area contributed by atoms with E-state index in [1.807, 2.05) is 22.7 Å². The molecule has 4 aromatic heterocycles. The monoisotopic (exact) mass is 1200 g/mol. The molecule has 4 atom stereocenters. The SMILES string of the molecule is CCCCC(CC)COc1c(OCC(CC)CCCC)c2cc(-c3ccc(-c4ccc(Br)s4)s3)cc3c(OCC(CC)CCCC)c(OCC(CC)CCCC)c4cc(-c5ccc(-c6ccc(Br)s6)s5)cc1c4c23. The maximum Gasteiger partial charge on any atom is 0.169 e. The van der Waals surface area contributed by atoms with Crippen LogP contribution in [0.15, 0.2) is 80.4 Å². The van der Waals surface area contributed by atoms with Gasteiger partial charge in [-0.2, -0.15) is 0 Å². The van der Waals surface area contributed by atoms with Crippen LogP contribution in [0.25, 0.3) is 72.7 Å². The lowest BCUT2D eigenvalue weighted by Gasteiger charge is -2.27. The molecule has 4 heterocycles. The maximum absolute atomic E-state index is 7.49. The summed E-state index contributed by atoms with van der Waals surface area (Å²) in [5.41, 5.74) is 2.31. The Balaban J connectivity index is 1.48. The number of ether oxygens (including phenoxy) is 4. The predicted octanol–water partition coefficient (Wildman–Crippen LogP) is 23.4. The standard InChI is InChI=1S/C64H80Br2O4S4/c1-9-17-21-41(13-5)37-67-61-47-33-45(51-25-27-53(71-51)55-29-31-57(65)73-55)35-49-59(47)60-48(62(61)68-38-42(14-6)22-18-10-2)34-46(52-26-28-54(72-52)56-30-32-58(66)74-56)36-50(60)64(70-40-44(16-8)24-20-12-4)63(49)69-39-43(15-7)23-19-11-3/h25-36,41-44H,9-24,37-40H2,1-8H3. The van der Waals surface area contributed by atoms with Gasteiger partial charge in [-0.3, -0.25) is 0 Å². The van der Waals surface area contributed by atoms with Crippen molar-refractivity contribution in [3.05, 3.63) is 80.4 Å². The molecule has 0 saturated heterocycles. The topological polar surface area (TPSA) is 36.9 Å². The highest BCUT2D eigenvalue weighted by Gasteiger charge is 2.30. The molecule has 0 N–H and O–H groups in total. The molecule has 398 valence electrons. The van der Waals surface area contributed by atoms with Crippen molar-refractivity contribution in [1.29, 1.82) is 0 Å². The predicted molar refractivity (Wildman–Crippen MR) is 334 cm³/mol. The Kier molecular flexibility index (Phi) is 21.6. The van der Waals surface area contributed by atoms with Crippen LogP contribution in [0.1, 0.15) is 158 Å². The fourth-order valence-electron chi connectivity index (χ4n) is 10.4. The van der Waals surface area contributed by atoms with Crippen molar-refractivity contribution < 1.29 is 18.9 Å². The summed E-state index contributed by atoms with van der Waals surface area (Å²) >= 11 is 14.7. The second kappa shape index (κ2) is 28.0. The van der Waals surface area contributed by atoms with Crippen LogP contribution >= 0.6 is 77.2 Å². The minimum Gasteiger partial charge on any atom is -0.489 e. The molecule has 74 heavy (non-hydrogen) atoms. The number of halogens is 2. The van der Waals surface area contributed by atoms with Gasteiger partial charge < -0.3 is 18.9 Å². The summed E-state index contributed by atoms with van der Waals surface area (Å²) in [4.78, 5) is 7.48. The Labute approximate surface area is 476 Å². The summed E-state index contributed by atoms with van der Waals surface area (Å²) in [7, 11) is 0. The van der Waals surface area contributed by atoms with E-state index < -0.39 is 0 Å². The molecular weight excluding hydrogens is 1120 g/mol. The lowest BCUT2D eigenvalue weighted by atomic mass is 9.88. The molecule has 0 saturated carbocycles. The van der Waals surface area contributed by atoms with Crippen molar-refractivity contribution in [3.8, 4) is 63.4 Å². The van der Waals surface area contributed by atoms with Crippen LogP contribution in [0.3, 0.4) is 0 Å². The molecule has 8 aromatic rings. The van der Waals surface area contributed by atoms with Crippen LogP contribution < -0.4 is 18.9 Å². The van der Waals surface area contributed by atoms with Gasteiger partial charge >= 0.3 is 0 Å². The van der Waals surface area contributed by atoms with Crippen molar-refractivity contribution in [1.82, 2.24) is 0 Å². The van der Waals surface area contributed by atoms with Gasteiger partial charge in [0.2, 0.25) is 0 Å². The van der Waals surface area contributed by atoms with Crippen LogP contribution in [0.2, 0.25) is 0 Å². The largest absolute Gasteiger partial charge is 0.489 e. The van der Waals surface area contributed by atoms with Gasteiger partial charge in [0.05, 0.1) is 34.0 Å². The quantitative estimate of drug-likeness (QED) is 0.0394. The zero-order chi connectivity index (χ0) is 52.1. The minimum absolute atomic E-state index is 0.429. The van der Waals surface area contributed by atoms with E-state index in [0.717, 1.165) is 115 Å². The van der Waals surface area contributed by atoms with Crippen LogP contribution in [0.5, 0.6) is 23.0 Å². The van der Waals surface area contributed by atoms with Crippen molar-refractivity contribution in [2.75, 3.05) is 26.4 Å². The normalized spacial score (nSPS) is 13.6. The van der Waals surface area contributed by atoms with Gasteiger partial charge in [-0.15, -0.1) is 45.3 Å². The fraction of sp³-hybridized carbons (Fsp3) is 0.500. The first kappa shape index (κ1) is 57.1. The molecule has 4 aromatic carbocycles. The van der Waals surface area contributed by atoms with Crippen LogP contribution in [-0.4, -0.2) is 26.4 Å². The summed E-state index contributed by atoms with van der Waals surface area (Å²) in [6, 6.07) is 27.6. The van der Waals surface area contributed by atoms with Gasteiger partial charge in [0, 0.05) is 61.6 Å². The van der Waals surface area contributed by atoms with Gasteiger partial charge in [0.1, 0.15) is 0 Å². The second-order valence-corrected chi connectivity index (χ2v) is 27.7. The second-order valence-electron chi connectivity index (χ2n) is 20.7. The Bertz CT molecular complexity index is 2680. The number of thiophene rings is 4. The lowest BCUT2D eigenvalue weighted by molar-refractivity contribution is 0.202. The minimum atomic E-state index is 0.429. The zero-order valence-corrected chi connectivity index (χ0v) is 51.8. The maximum atomic E-state index is 7.49. The number of benzene rings is 4. The summed E-state index contributed by atoms with van der Waals surface area (Å²) in [6.45, 7) is 21.0. The van der Waals surface area contributed by atoms with Gasteiger partial charge in [-0.25, -0.2) is 0 Å². The number of unbranched alkanes of at least 4 members (excludes halogenated alkanes) is 4. The number of hydrogen-bond donors (Lipinski definition) is 0. The molecule has 8 rings (SSSR count). The van der Waals surface area contributed by atoms with Crippen molar-refractivity contribution >= 4 is 110 Å². The molecule has 0 aliphatic rings. The summed E-state index contributed by atoms with van der Waals surface area (Å²) in [5.74, 6) is 5.15. The van der Waals surface area contributed by atoms with Gasteiger partial charge in [-0.05, 0) is 165 Å². The Hall–Kier alpha value is -3.12. The molecule has 0 amide bonds. The van der Waals surface area contributed by atoms with Crippen LogP contribution in [0, 0.1) is 23.7 Å². The van der Waals surface area contributed by atoms with E-state index >= 15 is 0 Å². The van der Waals surface area contributed by atoms with Gasteiger partial charge in [-0.1, -0.05) is 132 Å². The van der Waals surface area contributed by atoms with E-state index in [4.69, 9.17) is 18.9 Å². The number of rotatable bonds is 32. The Morgan fingerprint density at radius 2 is 0.608 bits per heavy atom. The first-order valence-electron chi connectivity index (χ1n) is 28.2. The average Bonchev–Trinajstić information content (AvgIpc) is 4.28. The zero-order valence-electron chi connectivity index (χ0n) is 45.4. The van der Waals surface area contributed by atoms with Crippen molar-refractivity contribution in [2.24, 2.45) is 23.7 Å². The Morgan fingerprint density at radius 3 is 0.851 bits per heavy atom. The highest BCUT2D eigenvalue weighted by atomic mass is 79.9. The molecule has 0 fully saturated rings. The molecule has 0 aliphatic carbocycles. The summed E-state index contributed by atoms with van der Waals surface area (Å²) < 4.78 is 32.2. The molecule has 0 aliphatic heterocycles. The number of hydrogen-bond acceptors (Lipinski definition) is 8. The smallest absolute Gasteiger partial charge is 0.169 e. The first-order chi connectivity index (χ1) is 36.1. The third-order valence-corrected chi connectivity index (χ3v) is 21.3. The van der Waals surface area contributed by atoms with E-state index in [-0.39, 0.29) is 0 Å². The van der Waals surface area contributed by atoms with Gasteiger partial charge in [0.15, 0.2) is 23.0 Å². The molecular formula is C64H80Br2O4S4. The summed E-state index contributed by atoms with van der Waals surface area (Å²) in [5, 5.41) is 6.69. The van der Waals surface area contributed by atoms with Crippen molar-refractivity contribution in [2.45, 2.75) is 158 Å². The third kappa shape index (κ3) is 13.6. The van der Waals surface area contributed by atoms with E-state index in [0.29, 0.717) is 50.1 Å². The summed E-state index contributed by atoms with van der Waals surface area (Å²) in [6.07, 6.45) is 18.3. The van der Waals surface area contributed by atoms with E-state index in [2.05, 4.69) is 160 Å². The van der Waals surface area contributed by atoms with Crippen LogP contribution in [0.4, 0.5) is 0 Å². The van der Waals surface area contributed by atoms with Gasteiger partial charge in [0.25, 0.3) is 0 Å². The molecule has 4 nitrogen and oxygen atoms in total. The molecule has 0 radical (unpaired) electrons. The van der Waals surface area contributed by atoms with E-state index in [1.54, 1.807) is 22.7 Å². The highest BCUT2D eigenvalue weighted by Crippen LogP contribution is 2.57. The molecule has 0 bridgehead atoms. The van der Waals surface area contributed by atoms with Crippen LogP contribution in [-0.2, 0) is 0 Å². The van der Waals surface area contributed by atoms with Crippen molar-refractivity contribution in [3.63, 3.8) is 0 Å². The van der Waals surface area contributed by atoms with E-state index in [1.165, 1.54) is 91.4 Å². The fourth-order valence-corrected chi connectivity index (χ4v) is 15.4. The molecule has 4 unspecified atom stereocenters. The molecule has 10 heteroatoms. The third-order valence-electron chi connectivity index (χ3n) is 15.4. The Morgan fingerprint density at radius 1 is 0.351 bits per heavy atom. The molecule has 0 spiro atoms. The highest BCUT2D eigenvalue weighted by molar-refractivity contribution is 9.11.